The molecule has 7 heteroatoms. The zero-order valence-corrected chi connectivity index (χ0v) is 13.3. The summed E-state index contributed by atoms with van der Waals surface area (Å²) < 4.78 is 26.9. The number of nitrogens with zero attached hydrogens (tertiary/aromatic N) is 3. The maximum atomic E-state index is 12.2. The van der Waals surface area contributed by atoms with Crippen molar-refractivity contribution < 1.29 is 8.42 Å². The quantitative estimate of drug-likeness (QED) is 0.857. The average Bonchev–Trinajstić information content (AvgIpc) is 2.70. The third kappa shape index (κ3) is 2.57. The molecule has 0 aliphatic rings. The van der Waals surface area contributed by atoms with Gasteiger partial charge in [-0.15, -0.1) is 0 Å². The molecule has 0 spiro atoms. The van der Waals surface area contributed by atoms with Crippen LogP contribution in [0.25, 0.3) is 11.5 Å². The fourth-order valence-electron chi connectivity index (χ4n) is 1.71. The standard InChI is InChI=1S/C12H14BrN3O2S/c1-4-19(17,18)9-5-8(2)6-14-11(9)12-15-7-10(13)16(12)3/h5-7H,4H2,1-3H3. The van der Waals surface area contributed by atoms with E-state index in [0.717, 1.165) is 10.2 Å². The fraction of sp³-hybridized carbons (Fsp3) is 0.333. The highest BCUT2D eigenvalue weighted by molar-refractivity contribution is 9.10. The molecule has 0 radical (unpaired) electrons. The molecule has 0 aliphatic heterocycles. The molecule has 2 heterocycles. The van der Waals surface area contributed by atoms with Crippen LogP contribution in [0, 0.1) is 6.92 Å². The smallest absolute Gasteiger partial charge is 0.180 e. The number of hydrogen-bond donors (Lipinski definition) is 0. The number of sulfone groups is 1. The van der Waals surface area contributed by atoms with Crippen molar-refractivity contribution in [1.29, 1.82) is 0 Å². The van der Waals surface area contributed by atoms with Crippen LogP contribution in [0.1, 0.15) is 12.5 Å². The normalized spacial score (nSPS) is 11.8. The molecule has 0 bridgehead atoms. The summed E-state index contributed by atoms with van der Waals surface area (Å²) in [5.74, 6) is 0.565. The third-order valence-corrected chi connectivity index (χ3v) is 5.33. The minimum Gasteiger partial charge on any atom is -0.321 e. The molecule has 5 nitrogen and oxygen atoms in total. The lowest BCUT2D eigenvalue weighted by Gasteiger charge is -2.09. The topological polar surface area (TPSA) is 64.8 Å². The van der Waals surface area contributed by atoms with Gasteiger partial charge in [0.05, 0.1) is 16.8 Å². The number of imidazole rings is 1. The van der Waals surface area contributed by atoms with Crippen LogP contribution in [0.15, 0.2) is 28.0 Å². The van der Waals surface area contributed by atoms with Crippen molar-refractivity contribution >= 4 is 25.8 Å². The number of hydrogen-bond acceptors (Lipinski definition) is 4. The summed E-state index contributed by atoms with van der Waals surface area (Å²) >= 11 is 3.34. The van der Waals surface area contributed by atoms with E-state index in [2.05, 4.69) is 25.9 Å². The van der Waals surface area contributed by atoms with Crippen LogP contribution >= 0.6 is 15.9 Å². The zero-order chi connectivity index (χ0) is 14.2. The molecule has 0 aromatic carbocycles. The predicted octanol–water partition coefficient (Wildman–Crippen LogP) is 2.35. The Morgan fingerprint density at radius 1 is 1.32 bits per heavy atom. The summed E-state index contributed by atoms with van der Waals surface area (Å²) in [6.45, 7) is 3.44. The van der Waals surface area contributed by atoms with Crippen LogP contribution in [-0.2, 0) is 16.9 Å². The van der Waals surface area contributed by atoms with Crippen molar-refractivity contribution in [1.82, 2.24) is 14.5 Å². The highest BCUT2D eigenvalue weighted by atomic mass is 79.9. The Balaban J connectivity index is 2.75. The Kier molecular flexibility index (Phi) is 3.78. The maximum Gasteiger partial charge on any atom is 0.180 e. The number of rotatable bonds is 3. The van der Waals surface area contributed by atoms with Crippen molar-refractivity contribution in [3.63, 3.8) is 0 Å². The Hall–Kier alpha value is -1.21. The van der Waals surface area contributed by atoms with Gasteiger partial charge >= 0.3 is 0 Å². The van der Waals surface area contributed by atoms with Crippen molar-refractivity contribution in [3.05, 3.63) is 28.6 Å². The maximum absolute atomic E-state index is 12.2. The van der Waals surface area contributed by atoms with Crippen LogP contribution in [0.2, 0.25) is 0 Å². The minimum atomic E-state index is -3.34. The number of pyridine rings is 1. The van der Waals surface area contributed by atoms with Gasteiger partial charge in [0, 0.05) is 13.2 Å². The van der Waals surface area contributed by atoms with E-state index in [4.69, 9.17) is 0 Å². The van der Waals surface area contributed by atoms with E-state index in [1.165, 1.54) is 0 Å². The molecule has 0 saturated carbocycles. The van der Waals surface area contributed by atoms with Gasteiger partial charge in [0.15, 0.2) is 15.7 Å². The van der Waals surface area contributed by atoms with E-state index in [-0.39, 0.29) is 10.6 Å². The molecule has 0 unspecified atom stereocenters. The lowest BCUT2D eigenvalue weighted by atomic mass is 10.2. The molecule has 0 N–H and O–H groups in total. The SMILES string of the molecule is CCS(=O)(=O)c1cc(C)cnc1-c1ncc(Br)n1C. The van der Waals surface area contributed by atoms with Gasteiger partial charge in [0.2, 0.25) is 0 Å². The van der Waals surface area contributed by atoms with E-state index in [1.54, 1.807) is 37.0 Å². The van der Waals surface area contributed by atoms with Crippen LogP contribution in [-0.4, -0.2) is 28.7 Å². The van der Waals surface area contributed by atoms with Crippen molar-refractivity contribution in [3.8, 4) is 11.5 Å². The van der Waals surface area contributed by atoms with E-state index < -0.39 is 9.84 Å². The van der Waals surface area contributed by atoms with Gasteiger partial charge in [0.1, 0.15) is 10.3 Å². The zero-order valence-electron chi connectivity index (χ0n) is 10.9. The Bertz CT molecular complexity index is 723. The molecule has 2 aromatic rings. The van der Waals surface area contributed by atoms with Gasteiger partial charge in [-0.05, 0) is 34.5 Å². The summed E-state index contributed by atoms with van der Waals surface area (Å²) in [5.41, 5.74) is 1.20. The molecular weight excluding hydrogens is 330 g/mol. The molecule has 102 valence electrons. The third-order valence-electron chi connectivity index (χ3n) is 2.85. The summed E-state index contributed by atoms with van der Waals surface area (Å²) in [7, 11) is -1.54. The fourth-order valence-corrected chi connectivity index (χ4v) is 3.10. The monoisotopic (exact) mass is 343 g/mol. The predicted molar refractivity (Wildman–Crippen MR) is 76.6 cm³/mol. The second-order valence-corrected chi connectivity index (χ2v) is 7.29. The average molecular weight is 344 g/mol. The van der Waals surface area contributed by atoms with Gasteiger partial charge in [0.25, 0.3) is 0 Å². The lowest BCUT2D eigenvalue weighted by Crippen LogP contribution is -2.09. The summed E-state index contributed by atoms with van der Waals surface area (Å²) in [4.78, 5) is 8.70. The molecule has 2 rings (SSSR count). The molecule has 19 heavy (non-hydrogen) atoms. The Labute approximate surface area is 120 Å². The van der Waals surface area contributed by atoms with Crippen molar-refractivity contribution in [2.45, 2.75) is 18.7 Å². The van der Waals surface area contributed by atoms with Gasteiger partial charge < -0.3 is 4.57 Å². The largest absolute Gasteiger partial charge is 0.321 e. The van der Waals surface area contributed by atoms with E-state index in [0.29, 0.717) is 11.5 Å². The Morgan fingerprint density at radius 2 is 2.00 bits per heavy atom. The first-order valence-electron chi connectivity index (χ1n) is 5.73. The first-order valence-corrected chi connectivity index (χ1v) is 8.18. The molecule has 0 saturated heterocycles. The van der Waals surface area contributed by atoms with Crippen molar-refractivity contribution in [2.24, 2.45) is 7.05 Å². The van der Waals surface area contributed by atoms with Crippen LogP contribution in [0.5, 0.6) is 0 Å². The van der Waals surface area contributed by atoms with Gasteiger partial charge in [-0.3, -0.25) is 4.98 Å². The van der Waals surface area contributed by atoms with Crippen molar-refractivity contribution in [2.75, 3.05) is 5.75 Å². The number of halogens is 1. The van der Waals surface area contributed by atoms with E-state index in [1.807, 2.05) is 6.92 Å². The second kappa shape index (κ2) is 5.05. The Morgan fingerprint density at radius 3 is 2.53 bits per heavy atom. The molecule has 0 amide bonds. The van der Waals surface area contributed by atoms with Gasteiger partial charge in [-0.25, -0.2) is 13.4 Å². The molecule has 0 fully saturated rings. The van der Waals surface area contributed by atoms with Crippen LogP contribution in [0.3, 0.4) is 0 Å². The van der Waals surface area contributed by atoms with Crippen LogP contribution < -0.4 is 0 Å². The second-order valence-electron chi connectivity index (χ2n) is 4.23. The van der Waals surface area contributed by atoms with Gasteiger partial charge in [-0.1, -0.05) is 6.92 Å². The summed E-state index contributed by atoms with van der Waals surface area (Å²) in [6, 6.07) is 1.64. The van der Waals surface area contributed by atoms with E-state index in [9.17, 15) is 8.42 Å². The molecule has 0 aliphatic carbocycles. The summed E-state index contributed by atoms with van der Waals surface area (Å²) in [6.07, 6.45) is 3.27. The number of aromatic nitrogens is 3. The molecular formula is C12H14BrN3O2S. The minimum absolute atomic E-state index is 0.0384. The lowest BCUT2D eigenvalue weighted by molar-refractivity contribution is 0.597. The van der Waals surface area contributed by atoms with E-state index >= 15 is 0 Å². The highest BCUT2D eigenvalue weighted by Gasteiger charge is 2.22. The molecule has 0 atom stereocenters. The molecule has 2 aromatic heterocycles. The van der Waals surface area contributed by atoms with Crippen LogP contribution in [0.4, 0.5) is 0 Å². The number of aryl methyl sites for hydroxylation is 1. The highest BCUT2D eigenvalue weighted by Crippen LogP contribution is 2.27. The summed E-state index contributed by atoms with van der Waals surface area (Å²) in [5, 5.41) is 0. The first-order chi connectivity index (χ1) is 8.86. The van der Waals surface area contributed by atoms with Gasteiger partial charge in [-0.2, -0.15) is 0 Å². The first kappa shape index (κ1) is 14.2.